The number of likely N-dealkylation sites (N-methyl/N-ethyl adjacent to an activating group) is 1. The van der Waals surface area contributed by atoms with E-state index in [1.165, 1.54) is 11.1 Å². The highest BCUT2D eigenvalue weighted by molar-refractivity contribution is 6.30. The van der Waals surface area contributed by atoms with Crippen molar-refractivity contribution in [2.24, 2.45) is 5.92 Å². The van der Waals surface area contributed by atoms with Crippen LogP contribution in [0.25, 0.3) is 0 Å². The molecule has 4 nitrogen and oxygen atoms in total. The molecule has 0 spiro atoms. The van der Waals surface area contributed by atoms with Gasteiger partial charge in [0.15, 0.2) is 0 Å². The van der Waals surface area contributed by atoms with Gasteiger partial charge in [-0.2, -0.15) is 0 Å². The Hall–Kier alpha value is -1.88. The number of carbonyl (C=O) groups is 1. The maximum atomic E-state index is 12.5. The molecule has 0 aromatic heterocycles. The summed E-state index contributed by atoms with van der Waals surface area (Å²) in [6.07, 6.45) is 1.91. The Morgan fingerprint density at radius 2 is 1.90 bits per heavy atom. The van der Waals surface area contributed by atoms with E-state index in [0.717, 1.165) is 50.6 Å². The number of benzene rings is 2. The molecule has 154 valence electrons. The predicted molar refractivity (Wildman–Crippen MR) is 118 cm³/mol. The van der Waals surface area contributed by atoms with Gasteiger partial charge in [-0.15, -0.1) is 0 Å². The first-order valence-electron chi connectivity index (χ1n) is 10.6. The minimum absolute atomic E-state index is 0.106. The van der Waals surface area contributed by atoms with E-state index in [4.69, 9.17) is 11.6 Å². The Labute approximate surface area is 178 Å². The normalized spacial score (nSPS) is 25.0. The van der Waals surface area contributed by atoms with Gasteiger partial charge in [0, 0.05) is 49.7 Å². The Bertz CT molecular complexity index is 828. The number of halogens is 1. The van der Waals surface area contributed by atoms with Crippen LogP contribution in [0.3, 0.4) is 0 Å². The molecule has 1 aliphatic heterocycles. The Morgan fingerprint density at radius 3 is 2.69 bits per heavy atom. The van der Waals surface area contributed by atoms with Crippen molar-refractivity contribution in [3.8, 4) is 0 Å². The molecule has 1 N–H and O–H groups in total. The van der Waals surface area contributed by atoms with Gasteiger partial charge in [0.05, 0.1) is 0 Å². The molecule has 2 fully saturated rings. The van der Waals surface area contributed by atoms with Gasteiger partial charge in [-0.05, 0) is 49.1 Å². The maximum absolute atomic E-state index is 12.5. The number of nitrogens with one attached hydrogen (secondary N) is 1. The number of rotatable bonds is 7. The lowest BCUT2D eigenvalue weighted by Crippen LogP contribution is -2.47. The summed E-state index contributed by atoms with van der Waals surface area (Å²) in [5.41, 5.74) is 2.56. The van der Waals surface area contributed by atoms with Crippen LogP contribution in [-0.2, 0) is 4.79 Å². The molecule has 29 heavy (non-hydrogen) atoms. The zero-order valence-electron chi connectivity index (χ0n) is 17.1. The van der Waals surface area contributed by atoms with Gasteiger partial charge in [-0.25, -0.2) is 0 Å². The molecule has 1 aliphatic carbocycles. The minimum atomic E-state index is 0.106. The summed E-state index contributed by atoms with van der Waals surface area (Å²) < 4.78 is 0. The van der Waals surface area contributed by atoms with Crippen LogP contribution in [-0.4, -0.2) is 55.5 Å². The summed E-state index contributed by atoms with van der Waals surface area (Å²) in [4.78, 5) is 17.5. The second-order valence-electron chi connectivity index (χ2n) is 8.37. The monoisotopic (exact) mass is 411 g/mol. The highest BCUT2D eigenvalue weighted by Gasteiger charge is 2.43. The molecule has 3 atom stereocenters. The van der Waals surface area contributed by atoms with Crippen molar-refractivity contribution >= 4 is 17.5 Å². The van der Waals surface area contributed by atoms with Gasteiger partial charge in [0.2, 0.25) is 5.91 Å². The van der Waals surface area contributed by atoms with Crippen molar-refractivity contribution in [2.75, 3.05) is 39.8 Å². The summed E-state index contributed by atoms with van der Waals surface area (Å²) in [5, 5.41) is 3.90. The fourth-order valence-corrected chi connectivity index (χ4v) is 4.63. The fraction of sp³-hybridized carbons (Fsp3) is 0.458. The third-order valence-corrected chi connectivity index (χ3v) is 6.44. The zero-order valence-corrected chi connectivity index (χ0v) is 17.8. The molecule has 1 saturated carbocycles. The van der Waals surface area contributed by atoms with E-state index >= 15 is 0 Å². The van der Waals surface area contributed by atoms with Crippen molar-refractivity contribution in [2.45, 2.75) is 24.8 Å². The van der Waals surface area contributed by atoms with Crippen molar-refractivity contribution in [3.05, 3.63) is 70.7 Å². The standard InChI is InChI=1S/C24H30ClN3O/c1-27-13-14-28(23(17-27)18-7-3-2-4-8-18)12-6-11-26-24(29)22-16-21(22)19-9-5-10-20(25)15-19/h2-5,7-10,15,21-23H,6,11-14,16-17H2,1H3,(H,26,29). The molecule has 2 aromatic rings. The molecule has 0 radical (unpaired) electrons. The third kappa shape index (κ3) is 5.19. The van der Waals surface area contributed by atoms with Crippen LogP contribution < -0.4 is 5.32 Å². The topological polar surface area (TPSA) is 35.6 Å². The van der Waals surface area contributed by atoms with E-state index in [-0.39, 0.29) is 11.8 Å². The van der Waals surface area contributed by atoms with Gasteiger partial charge >= 0.3 is 0 Å². The summed E-state index contributed by atoms with van der Waals surface area (Å²) in [6.45, 7) is 4.98. The van der Waals surface area contributed by atoms with Gasteiger partial charge in [-0.1, -0.05) is 54.1 Å². The molecule has 2 aliphatic rings. The van der Waals surface area contributed by atoms with Crippen LogP contribution in [0, 0.1) is 5.92 Å². The lowest BCUT2D eigenvalue weighted by Gasteiger charge is -2.40. The second kappa shape index (κ2) is 9.29. The molecule has 2 aromatic carbocycles. The largest absolute Gasteiger partial charge is 0.356 e. The Kier molecular flexibility index (Phi) is 6.53. The molecule has 1 amide bonds. The zero-order chi connectivity index (χ0) is 20.2. The predicted octanol–water partition coefficient (Wildman–Crippen LogP) is 3.94. The Morgan fingerprint density at radius 1 is 1.10 bits per heavy atom. The highest BCUT2D eigenvalue weighted by atomic mass is 35.5. The molecular weight excluding hydrogens is 382 g/mol. The molecule has 5 heteroatoms. The average molecular weight is 412 g/mol. The van der Waals surface area contributed by atoms with Crippen LogP contribution in [0.1, 0.15) is 35.9 Å². The van der Waals surface area contributed by atoms with E-state index in [1.807, 2.05) is 18.2 Å². The van der Waals surface area contributed by atoms with E-state index in [0.29, 0.717) is 12.0 Å². The van der Waals surface area contributed by atoms with Crippen LogP contribution in [0.4, 0.5) is 0 Å². The Balaban J connectivity index is 1.23. The number of piperazine rings is 1. The van der Waals surface area contributed by atoms with Crippen molar-refractivity contribution in [3.63, 3.8) is 0 Å². The van der Waals surface area contributed by atoms with Gasteiger partial charge < -0.3 is 10.2 Å². The smallest absolute Gasteiger partial charge is 0.223 e. The van der Waals surface area contributed by atoms with E-state index in [2.05, 4.69) is 58.6 Å². The molecule has 0 bridgehead atoms. The summed E-state index contributed by atoms with van der Waals surface area (Å²) in [5.74, 6) is 0.621. The first-order valence-corrected chi connectivity index (χ1v) is 11.0. The molecular formula is C24H30ClN3O. The van der Waals surface area contributed by atoms with Gasteiger partial charge in [0.1, 0.15) is 0 Å². The molecule has 4 rings (SSSR count). The van der Waals surface area contributed by atoms with Crippen molar-refractivity contribution in [1.82, 2.24) is 15.1 Å². The third-order valence-electron chi connectivity index (χ3n) is 6.20. The number of hydrogen-bond acceptors (Lipinski definition) is 3. The summed E-state index contributed by atoms with van der Waals surface area (Å²) in [7, 11) is 2.19. The highest BCUT2D eigenvalue weighted by Crippen LogP contribution is 2.47. The number of hydrogen-bond donors (Lipinski definition) is 1. The SMILES string of the molecule is CN1CCN(CCCNC(=O)C2CC2c2cccc(Cl)c2)C(c2ccccc2)C1. The molecule has 1 heterocycles. The van der Waals surface area contributed by atoms with Crippen LogP contribution in [0.15, 0.2) is 54.6 Å². The van der Waals surface area contributed by atoms with Crippen molar-refractivity contribution < 1.29 is 4.79 Å². The molecule has 3 unspecified atom stereocenters. The lowest BCUT2D eigenvalue weighted by atomic mass is 10.0. The first kappa shape index (κ1) is 20.4. The van der Waals surface area contributed by atoms with Gasteiger partial charge in [0.25, 0.3) is 0 Å². The van der Waals surface area contributed by atoms with E-state index < -0.39 is 0 Å². The van der Waals surface area contributed by atoms with E-state index in [1.54, 1.807) is 0 Å². The van der Waals surface area contributed by atoms with Crippen LogP contribution in [0.2, 0.25) is 5.02 Å². The molecule has 1 saturated heterocycles. The van der Waals surface area contributed by atoms with Gasteiger partial charge in [-0.3, -0.25) is 9.69 Å². The first-order chi connectivity index (χ1) is 14.1. The number of nitrogens with zero attached hydrogens (tertiary/aromatic N) is 2. The lowest BCUT2D eigenvalue weighted by molar-refractivity contribution is -0.122. The number of amides is 1. The second-order valence-corrected chi connectivity index (χ2v) is 8.81. The minimum Gasteiger partial charge on any atom is -0.356 e. The number of carbonyl (C=O) groups excluding carboxylic acids is 1. The van der Waals surface area contributed by atoms with Crippen molar-refractivity contribution in [1.29, 1.82) is 0 Å². The quantitative estimate of drug-likeness (QED) is 0.701. The van der Waals surface area contributed by atoms with Crippen LogP contribution >= 0.6 is 11.6 Å². The summed E-state index contributed by atoms with van der Waals surface area (Å²) >= 11 is 6.08. The summed E-state index contributed by atoms with van der Waals surface area (Å²) in [6, 6.07) is 19.1. The van der Waals surface area contributed by atoms with Crippen LogP contribution in [0.5, 0.6) is 0 Å². The fourth-order valence-electron chi connectivity index (χ4n) is 4.43. The van der Waals surface area contributed by atoms with E-state index in [9.17, 15) is 4.79 Å². The maximum Gasteiger partial charge on any atom is 0.223 e. The average Bonchev–Trinajstić information content (AvgIpc) is 3.54.